The SMILES string of the molecule is CCN1CCCC(C(C)NCCC2CCCN2C(=O)OC(C)(C)C)C1. The van der Waals surface area contributed by atoms with Crippen LogP contribution in [0.1, 0.15) is 66.7 Å². The molecular weight excluding hydrogens is 314 g/mol. The summed E-state index contributed by atoms with van der Waals surface area (Å²) in [7, 11) is 0. The predicted molar refractivity (Wildman–Crippen MR) is 103 cm³/mol. The summed E-state index contributed by atoms with van der Waals surface area (Å²) < 4.78 is 5.56. The Kier molecular flexibility index (Phi) is 7.56. The van der Waals surface area contributed by atoms with Gasteiger partial charge in [-0.2, -0.15) is 0 Å². The number of carbonyl (C=O) groups is 1. The maximum absolute atomic E-state index is 12.4. The second-order valence-corrected chi connectivity index (χ2v) is 8.80. The van der Waals surface area contributed by atoms with E-state index in [2.05, 4.69) is 24.1 Å². The largest absolute Gasteiger partial charge is 0.444 e. The molecule has 2 rings (SSSR count). The molecule has 5 nitrogen and oxygen atoms in total. The molecule has 2 saturated heterocycles. The van der Waals surface area contributed by atoms with Gasteiger partial charge in [0.2, 0.25) is 0 Å². The fraction of sp³-hybridized carbons (Fsp3) is 0.950. The Labute approximate surface area is 154 Å². The third kappa shape index (κ3) is 6.45. The van der Waals surface area contributed by atoms with Gasteiger partial charge in [-0.05, 0) is 85.4 Å². The average molecular weight is 354 g/mol. The summed E-state index contributed by atoms with van der Waals surface area (Å²) in [6.07, 6.45) is 5.72. The predicted octanol–water partition coefficient (Wildman–Crippen LogP) is 3.49. The summed E-state index contributed by atoms with van der Waals surface area (Å²) in [5.74, 6) is 0.749. The van der Waals surface area contributed by atoms with Crippen molar-refractivity contribution in [1.29, 1.82) is 0 Å². The van der Waals surface area contributed by atoms with Crippen molar-refractivity contribution in [3.63, 3.8) is 0 Å². The first kappa shape index (κ1) is 20.5. The lowest BCUT2D eigenvalue weighted by Gasteiger charge is -2.36. The highest BCUT2D eigenvalue weighted by Gasteiger charge is 2.32. The molecule has 0 spiro atoms. The molecule has 3 unspecified atom stereocenters. The lowest BCUT2D eigenvalue weighted by molar-refractivity contribution is 0.0220. The van der Waals surface area contributed by atoms with Crippen LogP contribution in [0, 0.1) is 5.92 Å². The van der Waals surface area contributed by atoms with E-state index in [1.54, 1.807) is 0 Å². The Morgan fingerprint density at radius 3 is 2.64 bits per heavy atom. The smallest absolute Gasteiger partial charge is 0.410 e. The lowest BCUT2D eigenvalue weighted by Crippen LogP contribution is -2.45. The number of likely N-dealkylation sites (tertiary alicyclic amines) is 2. The number of amides is 1. The van der Waals surface area contributed by atoms with Crippen molar-refractivity contribution in [3.05, 3.63) is 0 Å². The summed E-state index contributed by atoms with van der Waals surface area (Å²) in [5, 5.41) is 3.73. The minimum absolute atomic E-state index is 0.145. The number of hydrogen-bond acceptors (Lipinski definition) is 4. The summed E-state index contributed by atoms with van der Waals surface area (Å²) in [6.45, 7) is 15.8. The van der Waals surface area contributed by atoms with Crippen molar-refractivity contribution < 1.29 is 9.53 Å². The number of nitrogens with zero attached hydrogens (tertiary/aromatic N) is 2. The van der Waals surface area contributed by atoms with E-state index in [4.69, 9.17) is 4.74 Å². The number of hydrogen-bond donors (Lipinski definition) is 1. The second kappa shape index (κ2) is 9.22. The van der Waals surface area contributed by atoms with Gasteiger partial charge in [-0.25, -0.2) is 4.79 Å². The van der Waals surface area contributed by atoms with Crippen LogP contribution in [0.4, 0.5) is 4.79 Å². The molecule has 0 aromatic rings. The molecule has 0 bridgehead atoms. The lowest BCUT2D eigenvalue weighted by atomic mass is 9.91. The third-order valence-corrected chi connectivity index (χ3v) is 5.65. The number of rotatable bonds is 6. The molecule has 0 radical (unpaired) electrons. The molecule has 1 amide bonds. The Bertz CT molecular complexity index is 422. The number of piperidine rings is 1. The summed E-state index contributed by atoms with van der Waals surface area (Å²) >= 11 is 0. The van der Waals surface area contributed by atoms with Crippen LogP contribution >= 0.6 is 0 Å². The van der Waals surface area contributed by atoms with E-state index in [0.717, 1.165) is 44.8 Å². The molecule has 2 aliphatic heterocycles. The minimum atomic E-state index is -0.414. The molecule has 25 heavy (non-hydrogen) atoms. The van der Waals surface area contributed by atoms with Crippen LogP contribution in [0.25, 0.3) is 0 Å². The Hall–Kier alpha value is -0.810. The van der Waals surface area contributed by atoms with E-state index in [-0.39, 0.29) is 6.09 Å². The second-order valence-electron chi connectivity index (χ2n) is 8.80. The standard InChI is InChI=1S/C20H39N3O2/c1-6-22-13-7-9-17(15-22)16(2)21-12-11-18-10-8-14-23(18)19(24)25-20(3,4)5/h16-18,21H,6-15H2,1-5H3. The first-order valence-electron chi connectivity index (χ1n) is 10.3. The van der Waals surface area contributed by atoms with Crippen LogP contribution in [0.3, 0.4) is 0 Å². The molecule has 0 aliphatic carbocycles. The number of ether oxygens (including phenoxy) is 1. The van der Waals surface area contributed by atoms with E-state index in [1.165, 1.54) is 25.9 Å². The number of nitrogens with one attached hydrogen (secondary N) is 1. The molecule has 3 atom stereocenters. The molecule has 1 N–H and O–H groups in total. The minimum Gasteiger partial charge on any atom is -0.444 e. The van der Waals surface area contributed by atoms with Gasteiger partial charge < -0.3 is 19.9 Å². The van der Waals surface area contributed by atoms with Crippen LogP contribution in [-0.4, -0.2) is 66.3 Å². The van der Waals surface area contributed by atoms with Crippen molar-refractivity contribution in [2.24, 2.45) is 5.92 Å². The Balaban J connectivity index is 1.73. The van der Waals surface area contributed by atoms with Crippen molar-refractivity contribution in [2.45, 2.75) is 84.4 Å². The zero-order valence-electron chi connectivity index (χ0n) is 17.0. The van der Waals surface area contributed by atoms with Crippen molar-refractivity contribution in [2.75, 3.05) is 32.7 Å². The van der Waals surface area contributed by atoms with Crippen LogP contribution in [0.5, 0.6) is 0 Å². The van der Waals surface area contributed by atoms with E-state index in [1.807, 2.05) is 25.7 Å². The number of carbonyl (C=O) groups excluding carboxylic acids is 1. The van der Waals surface area contributed by atoms with E-state index < -0.39 is 5.60 Å². The third-order valence-electron chi connectivity index (χ3n) is 5.65. The first-order chi connectivity index (χ1) is 11.8. The summed E-state index contributed by atoms with van der Waals surface area (Å²) in [4.78, 5) is 16.9. The van der Waals surface area contributed by atoms with E-state index in [0.29, 0.717) is 12.1 Å². The van der Waals surface area contributed by atoms with Gasteiger partial charge in [0.05, 0.1) is 0 Å². The summed E-state index contributed by atoms with van der Waals surface area (Å²) in [5.41, 5.74) is -0.414. The van der Waals surface area contributed by atoms with Crippen LogP contribution < -0.4 is 5.32 Å². The van der Waals surface area contributed by atoms with Gasteiger partial charge >= 0.3 is 6.09 Å². The average Bonchev–Trinajstić information content (AvgIpc) is 3.02. The fourth-order valence-corrected chi connectivity index (χ4v) is 4.13. The van der Waals surface area contributed by atoms with Gasteiger partial charge in [-0.1, -0.05) is 6.92 Å². The van der Waals surface area contributed by atoms with Crippen LogP contribution in [0.2, 0.25) is 0 Å². The fourth-order valence-electron chi connectivity index (χ4n) is 4.13. The Morgan fingerprint density at radius 1 is 1.24 bits per heavy atom. The van der Waals surface area contributed by atoms with Crippen molar-refractivity contribution in [3.8, 4) is 0 Å². The van der Waals surface area contributed by atoms with Gasteiger partial charge in [-0.15, -0.1) is 0 Å². The summed E-state index contributed by atoms with van der Waals surface area (Å²) in [6, 6.07) is 0.874. The van der Waals surface area contributed by atoms with E-state index in [9.17, 15) is 4.79 Å². The zero-order chi connectivity index (χ0) is 18.4. The highest BCUT2D eigenvalue weighted by molar-refractivity contribution is 5.68. The maximum Gasteiger partial charge on any atom is 0.410 e. The van der Waals surface area contributed by atoms with Crippen LogP contribution in [-0.2, 0) is 4.74 Å². The normalized spacial score (nSPS) is 26.7. The molecule has 0 aromatic heterocycles. The first-order valence-corrected chi connectivity index (χ1v) is 10.3. The van der Waals surface area contributed by atoms with Gasteiger partial charge in [0.15, 0.2) is 0 Å². The highest BCUT2D eigenvalue weighted by Crippen LogP contribution is 2.23. The molecule has 0 aromatic carbocycles. The van der Waals surface area contributed by atoms with E-state index >= 15 is 0 Å². The monoisotopic (exact) mass is 353 g/mol. The molecule has 2 aliphatic rings. The highest BCUT2D eigenvalue weighted by atomic mass is 16.6. The van der Waals surface area contributed by atoms with Gasteiger partial charge in [-0.3, -0.25) is 0 Å². The zero-order valence-corrected chi connectivity index (χ0v) is 17.0. The molecule has 146 valence electrons. The quantitative estimate of drug-likeness (QED) is 0.794. The maximum atomic E-state index is 12.4. The van der Waals surface area contributed by atoms with Crippen molar-refractivity contribution in [1.82, 2.24) is 15.1 Å². The van der Waals surface area contributed by atoms with Crippen molar-refractivity contribution >= 4 is 6.09 Å². The molecule has 2 heterocycles. The van der Waals surface area contributed by atoms with Gasteiger partial charge in [0, 0.05) is 25.2 Å². The van der Waals surface area contributed by atoms with Crippen LogP contribution in [0.15, 0.2) is 0 Å². The molecule has 0 saturated carbocycles. The molecular formula is C20H39N3O2. The molecule has 5 heteroatoms. The van der Waals surface area contributed by atoms with Gasteiger partial charge in [0.1, 0.15) is 5.60 Å². The Morgan fingerprint density at radius 2 is 1.96 bits per heavy atom. The topological polar surface area (TPSA) is 44.8 Å². The van der Waals surface area contributed by atoms with Gasteiger partial charge in [0.25, 0.3) is 0 Å². The molecule has 2 fully saturated rings.